The molecule has 28 heavy (non-hydrogen) atoms. The molecule has 0 N–H and O–H groups in total. The lowest BCUT2D eigenvalue weighted by Gasteiger charge is -2.51. The summed E-state index contributed by atoms with van der Waals surface area (Å²) in [5, 5.41) is 0. The molecule has 0 saturated carbocycles. The highest BCUT2D eigenvalue weighted by Crippen LogP contribution is 2.48. The van der Waals surface area contributed by atoms with E-state index in [9.17, 15) is 9.59 Å². The van der Waals surface area contributed by atoms with E-state index in [0.29, 0.717) is 24.9 Å². The van der Waals surface area contributed by atoms with Crippen LogP contribution in [0.25, 0.3) is 0 Å². The summed E-state index contributed by atoms with van der Waals surface area (Å²) in [6.07, 6.45) is 2.57. The van der Waals surface area contributed by atoms with Gasteiger partial charge in [-0.1, -0.05) is 19.9 Å². The van der Waals surface area contributed by atoms with E-state index < -0.39 is 0 Å². The highest BCUT2D eigenvalue weighted by Gasteiger charge is 2.55. The van der Waals surface area contributed by atoms with E-state index in [0.717, 1.165) is 37.4 Å². The molecule has 4 fully saturated rings. The maximum atomic E-state index is 13.1. The molecule has 6 rings (SSSR count). The average molecular weight is 384 g/mol. The molecule has 4 saturated heterocycles. The Morgan fingerprint density at radius 3 is 2.61 bits per heavy atom. The van der Waals surface area contributed by atoms with Crippen molar-refractivity contribution in [1.82, 2.24) is 9.80 Å². The molecule has 1 aromatic carbocycles. The summed E-state index contributed by atoms with van der Waals surface area (Å²) in [6.45, 7) is 7.04. The van der Waals surface area contributed by atoms with Crippen LogP contribution in [0.15, 0.2) is 18.2 Å². The van der Waals surface area contributed by atoms with Gasteiger partial charge in [-0.3, -0.25) is 14.5 Å². The number of nitrogens with zero attached hydrogens (tertiary/aromatic N) is 2. The van der Waals surface area contributed by atoms with Gasteiger partial charge in [-0.15, -0.1) is 0 Å². The van der Waals surface area contributed by atoms with Crippen LogP contribution in [-0.2, 0) is 9.59 Å². The number of fused-ring (bicyclic) bond motifs is 3. The van der Waals surface area contributed by atoms with Crippen LogP contribution in [0.5, 0.6) is 11.5 Å². The van der Waals surface area contributed by atoms with Gasteiger partial charge in [0.2, 0.25) is 12.6 Å². The smallest absolute Gasteiger partial charge is 0.290 e. The maximum absolute atomic E-state index is 13.1. The molecule has 5 aliphatic heterocycles. The predicted molar refractivity (Wildman–Crippen MR) is 103 cm³/mol. The number of carbonyl (C=O) groups is 2. The third-order valence-electron chi connectivity index (χ3n) is 6.91. The number of benzene rings is 1. The van der Waals surface area contributed by atoms with E-state index in [4.69, 9.17) is 9.47 Å². The van der Waals surface area contributed by atoms with E-state index >= 15 is 0 Å². The third kappa shape index (κ3) is 2.81. The van der Waals surface area contributed by atoms with Crippen LogP contribution in [0, 0.1) is 11.8 Å². The molecule has 0 aliphatic carbocycles. The van der Waals surface area contributed by atoms with Crippen molar-refractivity contribution in [3.05, 3.63) is 23.8 Å². The van der Waals surface area contributed by atoms with Crippen molar-refractivity contribution in [3.8, 4) is 11.5 Å². The maximum Gasteiger partial charge on any atom is 0.290 e. The minimum absolute atomic E-state index is 0.154. The first-order valence-corrected chi connectivity index (χ1v) is 10.5. The summed E-state index contributed by atoms with van der Waals surface area (Å²) in [5.41, 5.74) is 1.18. The van der Waals surface area contributed by atoms with E-state index in [2.05, 4.69) is 17.0 Å². The summed E-state index contributed by atoms with van der Waals surface area (Å²) in [4.78, 5) is 30.1. The van der Waals surface area contributed by atoms with Crippen molar-refractivity contribution in [3.63, 3.8) is 0 Å². The lowest BCUT2D eigenvalue weighted by molar-refractivity contribution is -0.148. The largest absolute Gasteiger partial charge is 0.454 e. The molecule has 6 nitrogen and oxygen atoms in total. The second-order valence-electron chi connectivity index (χ2n) is 9.05. The van der Waals surface area contributed by atoms with Crippen LogP contribution in [0.1, 0.15) is 44.6 Å². The van der Waals surface area contributed by atoms with E-state index in [-0.39, 0.29) is 36.4 Å². The zero-order valence-electron chi connectivity index (χ0n) is 16.6. The quantitative estimate of drug-likeness (QED) is 0.746. The van der Waals surface area contributed by atoms with Crippen molar-refractivity contribution in [2.45, 2.75) is 51.1 Å². The topological polar surface area (TPSA) is 59.1 Å². The molecule has 1 aromatic rings. The van der Waals surface area contributed by atoms with Crippen molar-refractivity contribution in [2.75, 3.05) is 26.4 Å². The molecule has 0 radical (unpaired) electrons. The number of carbonyl (C=O) groups excluding carboxylic acids is 2. The molecule has 6 heteroatoms. The van der Waals surface area contributed by atoms with Crippen LogP contribution >= 0.6 is 0 Å². The minimum Gasteiger partial charge on any atom is -0.454 e. The first kappa shape index (κ1) is 18.0. The predicted octanol–water partition coefficient (Wildman–Crippen LogP) is 2.42. The number of hydrogen-bond donors (Lipinski definition) is 0. The lowest BCUT2D eigenvalue weighted by Crippen LogP contribution is -2.61. The van der Waals surface area contributed by atoms with Crippen LogP contribution < -0.4 is 9.47 Å². The van der Waals surface area contributed by atoms with Crippen LogP contribution in [0.2, 0.25) is 0 Å². The first-order chi connectivity index (χ1) is 13.5. The summed E-state index contributed by atoms with van der Waals surface area (Å²) in [6, 6.07) is 6.59. The number of ether oxygens (including phenoxy) is 2. The van der Waals surface area contributed by atoms with E-state index in [1.54, 1.807) is 0 Å². The normalized spacial score (nSPS) is 32.7. The Kier molecular flexibility index (Phi) is 4.34. The van der Waals surface area contributed by atoms with Gasteiger partial charge in [0.15, 0.2) is 11.5 Å². The second kappa shape index (κ2) is 6.76. The summed E-state index contributed by atoms with van der Waals surface area (Å²) in [5.74, 6) is 1.96. The molecular weight excluding hydrogens is 356 g/mol. The Morgan fingerprint density at radius 1 is 1.11 bits per heavy atom. The van der Waals surface area contributed by atoms with Crippen molar-refractivity contribution in [2.24, 2.45) is 11.8 Å². The molecule has 5 aliphatic rings. The van der Waals surface area contributed by atoms with Crippen LogP contribution in [-0.4, -0.2) is 60.0 Å². The molecular formula is C22H28N2O4. The number of amides is 1. The van der Waals surface area contributed by atoms with Gasteiger partial charge in [0.1, 0.15) is 0 Å². The average Bonchev–Trinajstić information content (AvgIpc) is 3.33. The van der Waals surface area contributed by atoms with Gasteiger partial charge in [0, 0.05) is 24.9 Å². The first-order valence-electron chi connectivity index (χ1n) is 10.5. The Balaban J connectivity index is 1.47. The summed E-state index contributed by atoms with van der Waals surface area (Å²) >= 11 is 0. The molecule has 3 atom stereocenters. The van der Waals surface area contributed by atoms with E-state index in [1.807, 2.05) is 24.8 Å². The zero-order chi connectivity index (χ0) is 19.4. The molecule has 150 valence electrons. The number of ketones is 1. The summed E-state index contributed by atoms with van der Waals surface area (Å²) in [7, 11) is 0. The van der Waals surface area contributed by atoms with Crippen molar-refractivity contribution < 1.29 is 19.1 Å². The molecule has 0 aromatic heterocycles. The van der Waals surface area contributed by atoms with Crippen molar-refractivity contribution in [1.29, 1.82) is 0 Å². The van der Waals surface area contributed by atoms with E-state index in [1.165, 1.54) is 5.56 Å². The number of rotatable bonds is 4. The summed E-state index contributed by atoms with van der Waals surface area (Å²) < 4.78 is 11.0. The number of hydrogen-bond acceptors (Lipinski definition) is 5. The fourth-order valence-corrected chi connectivity index (χ4v) is 5.71. The Morgan fingerprint density at radius 2 is 1.86 bits per heavy atom. The Hall–Kier alpha value is -2.08. The fraction of sp³-hybridized carbons (Fsp3) is 0.636. The number of likely N-dealkylation sites (tertiary alicyclic amines) is 1. The lowest BCUT2D eigenvalue weighted by atomic mass is 9.75. The molecule has 0 spiro atoms. The van der Waals surface area contributed by atoms with Gasteiger partial charge in [0.25, 0.3) is 5.91 Å². The van der Waals surface area contributed by atoms with Crippen LogP contribution in [0.4, 0.5) is 0 Å². The molecule has 0 unspecified atom stereocenters. The molecule has 1 amide bonds. The van der Waals surface area contributed by atoms with Gasteiger partial charge in [-0.2, -0.15) is 0 Å². The van der Waals surface area contributed by atoms with Gasteiger partial charge in [-0.05, 0) is 55.5 Å². The Labute approximate surface area is 165 Å². The standard InChI is InChI=1S/C22H28N2O4/c1-13(2)9-17(25)22(26)24-11-16(15-3-4-18-19(10-15)28-12-27-18)21-20(24)14-5-7-23(21)8-6-14/h3-4,10,13-14,16,20-21H,5-9,11-12H2,1-2H3/t16-,20+,21+/m0/s1. The molecule has 2 bridgehead atoms. The van der Waals surface area contributed by atoms with Crippen molar-refractivity contribution >= 4 is 11.7 Å². The van der Waals surface area contributed by atoms with Gasteiger partial charge in [0.05, 0.1) is 6.04 Å². The Bertz CT molecular complexity index is 800. The second-order valence-corrected chi connectivity index (χ2v) is 9.05. The number of Topliss-reactive ketones (excluding diaryl/α,β-unsaturated/α-hetero) is 1. The highest BCUT2D eigenvalue weighted by atomic mass is 16.7. The minimum atomic E-state index is -0.277. The highest BCUT2D eigenvalue weighted by molar-refractivity contribution is 6.36. The van der Waals surface area contributed by atoms with Gasteiger partial charge >= 0.3 is 0 Å². The van der Waals surface area contributed by atoms with Gasteiger partial charge < -0.3 is 14.4 Å². The number of piperidine rings is 3. The zero-order valence-corrected chi connectivity index (χ0v) is 16.6. The SMILES string of the molecule is CC(C)CC(=O)C(=O)N1C[C@@H](c2ccc3c(c2)OCO3)[C@@H]2[C@H]1C1CCN2CC1. The fourth-order valence-electron chi connectivity index (χ4n) is 5.71. The third-order valence-corrected chi connectivity index (χ3v) is 6.91. The van der Waals surface area contributed by atoms with Crippen LogP contribution in [0.3, 0.4) is 0 Å². The van der Waals surface area contributed by atoms with Gasteiger partial charge in [-0.25, -0.2) is 0 Å². The molecule has 5 heterocycles. The monoisotopic (exact) mass is 384 g/mol.